The monoisotopic (exact) mass is 367 g/mol. The molecule has 0 fully saturated rings. The highest BCUT2D eigenvalue weighted by Crippen LogP contribution is 2.24. The van der Waals surface area contributed by atoms with E-state index in [1.165, 1.54) is 0 Å². The quantitative estimate of drug-likeness (QED) is 0.642. The topological polar surface area (TPSA) is 49.3 Å². The fraction of sp³-hybridized carbons (Fsp3) is 0.133. The lowest BCUT2D eigenvalue weighted by Crippen LogP contribution is -2.15. The van der Waals surface area contributed by atoms with Crippen molar-refractivity contribution < 1.29 is 9.90 Å². The minimum absolute atomic E-state index is 0.0806. The van der Waals surface area contributed by atoms with Gasteiger partial charge >= 0.3 is 0 Å². The Morgan fingerprint density at radius 1 is 1.16 bits per heavy atom. The van der Waals surface area contributed by atoms with Crippen LogP contribution in [0, 0.1) is 0 Å². The van der Waals surface area contributed by atoms with Gasteiger partial charge in [-0.2, -0.15) is 0 Å². The molecule has 0 aromatic heterocycles. The lowest BCUT2D eigenvalue weighted by atomic mass is 10.1. The standard InChI is InChI=1S/C15H14INO2/c16-10-12-6-7-13(18)9-14(12)17-15(19)8-11-4-2-1-3-5-11/h1-7,9,18H,8,10H2,(H,17,19). The minimum atomic E-state index is -0.0806. The molecule has 0 saturated carbocycles. The largest absolute Gasteiger partial charge is 0.508 e. The van der Waals surface area contributed by atoms with Crippen molar-refractivity contribution in [3.05, 3.63) is 59.7 Å². The minimum Gasteiger partial charge on any atom is -0.508 e. The highest BCUT2D eigenvalue weighted by atomic mass is 127. The molecule has 2 aromatic rings. The third-order valence-corrected chi connectivity index (χ3v) is 3.54. The molecule has 0 aliphatic carbocycles. The van der Waals surface area contributed by atoms with Gasteiger partial charge in [0.05, 0.1) is 6.42 Å². The van der Waals surface area contributed by atoms with Crippen LogP contribution in [0.25, 0.3) is 0 Å². The first kappa shape index (κ1) is 13.9. The van der Waals surface area contributed by atoms with Crippen molar-refractivity contribution in [2.75, 3.05) is 5.32 Å². The molecule has 0 heterocycles. The molecule has 3 nitrogen and oxygen atoms in total. The molecule has 0 aliphatic rings. The zero-order chi connectivity index (χ0) is 13.7. The fourth-order valence-electron chi connectivity index (χ4n) is 1.77. The number of carbonyl (C=O) groups is 1. The molecule has 0 atom stereocenters. The number of halogens is 1. The summed E-state index contributed by atoms with van der Waals surface area (Å²) < 4.78 is 0.777. The number of phenolic OH excluding ortho intramolecular Hbond substituents is 1. The number of anilines is 1. The summed E-state index contributed by atoms with van der Waals surface area (Å²) in [4.78, 5) is 12.0. The molecule has 0 spiro atoms. The third-order valence-electron chi connectivity index (χ3n) is 2.72. The van der Waals surface area contributed by atoms with Crippen molar-refractivity contribution >= 4 is 34.2 Å². The van der Waals surface area contributed by atoms with E-state index in [0.29, 0.717) is 12.1 Å². The summed E-state index contributed by atoms with van der Waals surface area (Å²) in [5.74, 6) is 0.0755. The Bertz CT molecular complexity index is 570. The highest BCUT2D eigenvalue weighted by molar-refractivity contribution is 14.1. The summed E-state index contributed by atoms with van der Waals surface area (Å²) in [7, 11) is 0. The normalized spacial score (nSPS) is 10.2. The first-order valence-electron chi connectivity index (χ1n) is 5.90. The zero-order valence-electron chi connectivity index (χ0n) is 10.3. The van der Waals surface area contributed by atoms with Crippen LogP contribution in [0.15, 0.2) is 48.5 Å². The number of benzene rings is 2. The Labute approximate surface area is 125 Å². The number of hydrogen-bond acceptors (Lipinski definition) is 2. The maximum absolute atomic E-state index is 12.0. The van der Waals surface area contributed by atoms with Crippen molar-refractivity contribution in [1.29, 1.82) is 0 Å². The average molecular weight is 367 g/mol. The van der Waals surface area contributed by atoms with Crippen LogP contribution in [0.5, 0.6) is 5.75 Å². The van der Waals surface area contributed by atoms with Gasteiger partial charge in [0.25, 0.3) is 0 Å². The van der Waals surface area contributed by atoms with Gasteiger partial charge in [0.2, 0.25) is 5.91 Å². The molecule has 4 heteroatoms. The van der Waals surface area contributed by atoms with E-state index in [4.69, 9.17) is 0 Å². The van der Waals surface area contributed by atoms with E-state index in [1.54, 1.807) is 12.1 Å². The number of carbonyl (C=O) groups excluding carboxylic acids is 1. The zero-order valence-corrected chi connectivity index (χ0v) is 12.4. The molecule has 19 heavy (non-hydrogen) atoms. The summed E-state index contributed by atoms with van der Waals surface area (Å²) in [6.07, 6.45) is 0.331. The lowest BCUT2D eigenvalue weighted by molar-refractivity contribution is -0.115. The van der Waals surface area contributed by atoms with E-state index in [9.17, 15) is 9.90 Å². The number of amides is 1. The smallest absolute Gasteiger partial charge is 0.228 e. The van der Waals surface area contributed by atoms with Gasteiger partial charge in [0, 0.05) is 16.2 Å². The number of aromatic hydroxyl groups is 1. The maximum Gasteiger partial charge on any atom is 0.228 e. The van der Waals surface area contributed by atoms with Crippen molar-refractivity contribution in [2.45, 2.75) is 10.8 Å². The molecular weight excluding hydrogens is 353 g/mol. The van der Waals surface area contributed by atoms with Gasteiger partial charge in [-0.1, -0.05) is 59.0 Å². The van der Waals surface area contributed by atoms with E-state index < -0.39 is 0 Å². The summed E-state index contributed by atoms with van der Waals surface area (Å²) in [6.45, 7) is 0. The fourth-order valence-corrected chi connectivity index (χ4v) is 2.44. The molecule has 2 N–H and O–H groups in total. The van der Waals surface area contributed by atoms with E-state index in [1.807, 2.05) is 36.4 Å². The molecule has 98 valence electrons. The van der Waals surface area contributed by atoms with Gasteiger partial charge in [-0.25, -0.2) is 0 Å². The van der Waals surface area contributed by atoms with Crippen LogP contribution in [-0.2, 0) is 15.6 Å². The van der Waals surface area contributed by atoms with E-state index in [0.717, 1.165) is 15.6 Å². The van der Waals surface area contributed by atoms with Gasteiger partial charge in [-0.05, 0) is 17.2 Å². The summed E-state index contributed by atoms with van der Waals surface area (Å²) in [6, 6.07) is 14.6. The molecule has 1 amide bonds. The Morgan fingerprint density at radius 3 is 2.58 bits per heavy atom. The van der Waals surface area contributed by atoms with Gasteiger partial charge in [0.15, 0.2) is 0 Å². The Balaban J connectivity index is 2.09. The molecule has 0 radical (unpaired) electrons. The van der Waals surface area contributed by atoms with Gasteiger partial charge in [-0.15, -0.1) is 0 Å². The molecular formula is C15H14INO2. The third kappa shape index (κ3) is 3.96. The first-order valence-corrected chi connectivity index (χ1v) is 7.43. The highest BCUT2D eigenvalue weighted by Gasteiger charge is 2.08. The number of nitrogens with one attached hydrogen (secondary N) is 1. The average Bonchev–Trinajstić information content (AvgIpc) is 2.40. The lowest BCUT2D eigenvalue weighted by Gasteiger charge is -2.10. The Kier molecular flexibility index (Phi) is 4.79. The predicted molar refractivity (Wildman–Crippen MR) is 84.6 cm³/mol. The van der Waals surface area contributed by atoms with Crippen molar-refractivity contribution in [3.63, 3.8) is 0 Å². The summed E-state index contributed by atoms with van der Waals surface area (Å²) in [5, 5.41) is 12.3. The number of phenols is 1. The number of alkyl halides is 1. The molecule has 0 aliphatic heterocycles. The van der Waals surface area contributed by atoms with Gasteiger partial charge in [0.1, 0.15) is 5.75 Å². The second kappa shape index (κ2) is 6.56. The Morgan fingerprint density at radius 2 is 1.89 bits per heavy atom. The van der Waals surface area contributed by atoms with Crippen LogP contribution in [0.3, 0.4) is 0 Å². The van der Waals surface area contributed by atoms with Crippen LogP contribution in [0.4, 0.5) is 5.69 Å². The van der Waals surface area contributed by atoms with Gasteiger partial charge in [-0.3, -0.25) is 4.79 Å². The van der Waals surface area contributed by atoms with E-state index in [-0.39, 0.29) is 11.7 Å². The van der Waals surface area contributed by atoms with Crippen LogP contribution >= 0.6 is 22.6 Å². The summed E-state index contributed by atoms with van der Waals surface area (Å²) >= 11 is 2.23. The van der Waals surface area contributed by atoms with Crippen molar-refractivity contribution in [3.8, 4) is 5.75 Å². The van der Waals surface area contributed by atoms with Crippen LogP contribution in [0.1, 0.15) is 11.1 Å². The molecule has 2 rings (SSSR count). The number of rotatable bonds is 4. The molecule has 0 bridgehead atoms. The maximum atomic E-state index is 12.0. The first-order chi connectivity index (χ1) is 9.19. The van der Waals surface area contributed by atoms with Crippen LogP contribution in [0.2, 0.25) is 0 Å². The van der Waals surface area contributed by atoms with E-state index in [2.05, 4.69) is 27.9 Å². The Hall–Kier alpha value is -1.56. The van der Waals surface area contributed by atoms with Crippen LogP contribution in [-0.4, -0.2) is 11.0 Å². The predicted octanol–water partition coefficient (Wildman–Crippen LogP) is 3.51. The van der Waals surface area contributed by atoms with Gasteiger partial charge < -0.3 is 10.4 Å². The molecule has 0 unspecified atom stereocenters. The second-order valence-electron chi connectivity index (χ2n) is 4.19. The summed E-state index contributed by atoms with van der Waals surface area (Å²) in [5.41, 5.74) is 2.64. The molecule has 2 aromatic carbocycles. The van der Waals surface area contributed by atoms with Crippen molar-refractivity contribution in [1.82, 2.24) is 0 Å². The van der Waals surface area contributed by atoms with E-state index >= 15 is 0 Å². The van der Waals surface area contributed by atoms with Crippen LogP contribution < -0.4 is 5.32 Å². The molecule has 0 saturated heterocycles. The van der Waals surface area contributed by atoms with Crippen molar-refractivity contribution in [2.24, 2.45) is 0 Å². The SMILES string of the molecule is O=C(Cc1ccccc1)Nc1cc(O)ccc1CI. The number of hydrogen-bond donors (Lipinski definition) is 2. The second-order valence-corrected chi connectivity index (χ2v) is 4.95.